The Bertz CT molecular complexity index is 1090. The summed E-state index contributed by atoms with van der Waals surface area (Å²) in [5, 5.41) is 10.3. The van der Waals surface area contributed by atoms with Crippen LogP contribution < -0.4 is 11.1 Å². The molecule has 5 heteroatoms. The van der Waals surface area contributed by atoms with E-state index in [1.165, 1.54) is 11.1 Å². The summed E-state index contributed by atoms with van der Waals surface area (Å²) < 4.78 is 1.93. The number of rotatable bonds is 5. The second kappa shape index (κ2) is 9.05. The number of aryl methyl sites for hydroxylation is 1. The molecule has 0 unspecified atom stereocenters. The van der Waals surface area contributed by atoms with Gasteiger partial charge in [0.05, 0.1) is 11.2 Å². The summed E-state index contributed by atoms with van der Waals surface area (Å²) in [5.74, 6) is 0.487. The molecule has 2 heterocycles. The predicted octanol–water partition coefficient (Wildman–Crippen LogP) is 4.82. The molecule has 0 atom stereocenters. The lowest BCUT2D eigenvalue weighted by atomic mass is 10.0. The van der Waals surface area contributed by atoms with Crippen molar-refractivity contribution < 1.29 is 0 Å². The lowest BCUT2D eigenvalue weighted by Crippen LogP contribution is -2.21. The standard InChI is InChI=1S/C22H25N5.C2H6/c1-14(2)24-13-16-10-8-15(9-11-16)12-19-20-17-6-4-5-7-18(17)25-22(23)21(20)26-27(19)3;1-2/h4-11,14,24H,12-13H2,1-3H3,(H2,23,25);1-2H3. The van der Waals surface area contributed by atoms with Gasteiger partial charge in [-0.25, -0.2) is 4.98 Å². The van der Waals surface area contributed by atoms with Crippen LogP contribution in [0.2, 0.25) is 0 Å². The van der Waals surface area contributed by atoms with Gasteiger partial charge in [0, 0.05) is 36.8 Å². The number of nitrogens with zero attached hydrogens (tertiary/aromatic N) is 3. The molecule has 4 aromatic rings. The van der Waals surface area contributed by atoms with Gasteiger partial charge in [-0.1, -0.05) is 70.2 Å². The fourth-order valence-electron chi connectivity index (χ4n) is 3.48. The lowest BCUT2D eigenvalue weighted by molar-refractivity contribution is 0.589. The molecule has 0 fully saturated rings. The Hall–Kier alpha value is -2.92. The molecular formula is C24H31N5. The van der Waals surface area contributed by atoms with Gasteiger partial charge in [0.2, 0.25) is 0 Å². The Kier molecular flexibility index (Phi) is 6.49. The van der Waals surface area contributed by atoms with Crippen molar-refractivity contribution in [3.8, 4) is 0 Å². The third-order valence-electron chi connectivity index (χ3n) is 4.93. The first-order valence-corrected chi connectivity index (χ1v) is 10.3. The van der Waals surface area contributed by atoms with Crippen LogP contribution in [-0.2, 0) is 20.0 Å². The molecular weight excluding hydrogens is 358 g/mol. The molecule has 0 saturated carbocycles. The predicted molar refractivity (Wildman–Crippen MR) is 123 cm³/mol. The van der Waals surface area contributed by atoms with E-state index in [-0.39, 0.29) is 0 Å². The van der Waals surface area contributed by atoms with Gasteiger partial charge in [0.1, 0.15) is 5.52 Å². The molecule has 3 N–H and O–H groups in total. The molecule has 152 valence electrons. The molecule has 0 bridgehead atoms. The fourth-order valence-corrected chi connectivity index (χ4v) is 3.48. The molecule has 0 aliphatic carbocycles. The van der Waals surface area contributed by atoms with Crippen LogP contribution in [0.4, 0.5) is 5.82 Å². The summed E-state index contributed by atoms with van der Waals surface area (Å²) in [6, 6.07) is 17.4. The number of benzene rings is 2. The average molecular weight is 390 g/mol. The Morgan fingerprint density at radius 2 is 1.66 bits per heavy atom. The summed E-state index contributed by atoms with van der Waals surface area (Å²) in [7, 11) is 1.98. The van der Waals surface area contributed by atoms with E-state index in [1.807, 2.05) is 43.8 Å². The van der Waals surface area contributed by atoms with Gasteiger partial charge in [-0.05, 0) is 17.2 Å². The van der Waals surface area contributed by atoms with Crippen LogP contribution >= 0.6 is 0 Å². The minimum atomic E-state index is 0.484. The topological polar surface area (TPSA) is 68.8 Å². The average Bonchev–Trinajstić information content (AvgIpc) is 3.06. The molecule has 2 aromatic heterocycles. The van der Waals surface area contributed by atoms with Crippen LogP contribution in [0.3, 0.4) is 0 Å². The molecule has 5 nitrogen and oxygen atoms in total. The van der Waals surface area contributed by atoms with E-state index in [0.717, 1.165) is 40.5 Å². The smallest absolute Gasteiger partial charge is 0.152 e. The maximum Gasteiger partial charge on any atom is 0.152 e. The quantitative estimate of drug-likeness (QED) is 0.513. The van der Waals surface area contributed by atoms with Crippen molar-refractivity contribution in [3.63, 3.8) is 0 Å². The molecule has 0 aliphatic rings. The number of pyridine rings is 1. The molecule has 29 heavy (non-hydrogen) atoms. The Labute approximate surface area is 172 Å². The van der Waals surface area contributed by atoms with Crippen LogP contribution in [0, 0.1) is 0 Å². The number of nitrogens with two attached hydrogens (primary N) is 1. The minimum Gasteiger partial charge on any atom is -0.382 e. The summed E-state index contributed by atoms with van der Waals surface area (Å²) in [4.78, 5) is 4.51. The van der Waals surface area contributed by atoms with Crippen molar-refractivity contribution in [3.05, 3.63) is 65.4 Å². The number of hydrogen-bond donors (Lipinski definition) is 2. The zero-order valence-corrected chi connectivity index (χ0v) is 18.0. The van der Waals surface area contributed by atoms with Gasteiger partial charge in [-0.3, -0.25) is 4.68 Å². The van der Waals surface area contributed by atoms with Crippen LogP contribution in [-0.4, -0.2) is 20.8 Å². The second-order valence-electron chi connectivity index (χ2n) is 7.34. The highest BCUT2D eigenvalue weighted by Crippen LogP contribution is 2.31. The number of anilines is 1. The molecule has 4 rings (SSSR count). The van der Waals surface area contributed by atoms with Crippen molar-refractivity contribution in [2.45, 2.75) is 46.7 Å². The SMILES string of the molecule is CC.CC(C)NCc1ccc(Cc2c3c(nn2C)c(N)nc2ccccc23)cc1. The van der Waals surface area contributed by atoms with Gasteiger partial charge >= 0.3 is 0 Å². The normalized spacial score (nSPS) is 11.1. The van der Waals surface area contributed by atoms with Gasteiger partial charge in [-0.15, -0.1) is 0 Å². The van der Waals surface area contributed by atoms with Crippen LogP contribution in [0.5, 0.6) is 0 Å². The lowest BCUT2D eigenvalue weighted by Gasteiger charge is -2.09. The first kappa shape index (κ1) is 20.8. The molecule has 0 saturated heterocycles. The highest BCUT2D eigenvalue weighted by atomic mass is 15.3. The van der Waals surface area contributed by atoms with E-state index in [2.05, 4.69) is 59.6 Å². The van der Waals surface area contributed by atoms with E-state index < -0.39 is 0 Å². The maximum atomic E-state index is 6.18. The summed E-state index contributed by atoms with van der Waals surface area (Å²) in [6.45, 7) is 9.21. The van der Waals surface area contributed by atoms with Crippen LogP contribution in [0.1, 0.15) is 44.5 Å². The van der Waals surface area contributed by atoms with E-state index >= 15 is 0 Å². The van der Waals surface area contributed by atoms with Crippen molar-refractivity contribution in [1.82, 2.24) is 20.1 Å². The first-order valence-electron chi connectivity index (χ1n) is 10.3. The van der Waals surface area contributed by atoms with Crippen molar-refractivity contribution >= 4 is 27.6 Å². The summed E-state index contributed by atoms with van der Waals surface area (Å²) in [5.41, 5.74) is 11.6. The molecule has 0 amide bonds. The van der Waals surface area contributed by atoms with Crippen molar-refractivity contribution in [1.29, 1.82) is 0 Å². The molecule has 0 spiro atoms. The zero-order chi connectivity index (χ0) is 21.0. The largest absolute Gasteiger partial charge is 0.382 e. The number of nitrogens with one attached hydrogen (secondary N) is 1. The van der Waals surface area contributed by atoms with Gasteiger partial charge in [-0.2, -0.15) is 5.10 Å². The third kappa shape index (κ3) is 4.40. The number of aromatic nitrogens is 3. The van der Waals surface area contributed by atoms with Crippen LogP contribution in [0.15, 0.2) is 48.5 Å². The Balaban J connectivity index is 0.00000117. The highest BCUT2D eigenvalue weighted by molar-refractivity contribution is 6.09. The van der Waals surface area contributed by atoms with Crippen LogP contribution in [0.25, 0.3) is 21.8 Å². The Morgan fingerprint density at radius 3 is 2.34 bits per heavy atom. The third-order valence-corrected chi connectivity index (χ3v) is 4.93. The number of hydrogen-bond acceptors (Lipinski definition) is 4. The highest BCUT2D eigenvalue weighted by Gasteiger charge is 2.16. The van der Waals surface area contributed by atoms with E-state index in [1.54, 1.807) is 0 Å². The monoisotopic (exact) mass is 389 g/mol. The zero-order valence-electron chi connectivity index (χ0n) is 18.0. The Morgan fingerprint density at radius 1 is 1.00 bits per heavy atom. The minimum absolute atomic E-state index is 0.484. The number of para-hydroxylation sites is 1. The first-order chi connectivity index (χ1) is 14.0. The van der Waals surface area contributed by atoms with E-state index in [0.29, 0.717) is 11.9 Å². The van der Waals surface area contributed by atoms with Gasteiger partial charge in [0.25, 0.3) is 0 Å². The van der Waals surface area contributed by atoms with Crippen molar-refractivity contribution in [2.75, 3.05) is 5.73 Å². The molecule has 0 aliphatic heterocycles. The summed E-state index contributed by atoms with van der Waals surface area (Å²) >= 11 is 0. The van der Waals surface area contributed by atoms with E-state index in [4.69, 9.17) is 5.73 Å². The van der Waals surface area contributed by atoms with Gasteiger partial charge in [0.15, 0.2) is 5.82 Å². The summed E-state index contributed by atoms with van der Waals surface area (Å²) in [6.07, 6.45) is 0.804. The molecule has 0 radical (unpaired) electrons. The fraction of sp³-hybridized carbons (Fsp3) is 0.333. The number of fused-ring (bicyclic) bond motifs is 3. The van der Waals surface area contributed by atoms with E-state index in [9.17, 15) is 0 Å². The second-order valence-corrected chi connectivity index (χ2v) is 7.34. The van der Waals surface area contributed by atoms with Crippen molar-refractivity contribution in [2.24, 2.45) is 7.05 Å². The maximum absolute atomic E-state index is 6.18. The molecule has 2 aromatic carbocycles. The van der Waals surface area contributed by atoms with Gasteiger partial charge < -0.3 is 11.1 Å². The number of nitrogen functional groups attached to an aromatic ring is 1.